The molecule has 6 heteroatoms. The topological polar surface area (TPSA) is 70.7 Å². The molecule has 1 aromatic rings. The molecule has 0 aliphatic carbocycles. The molecule has 0 fully saturated rings. The molecule has 0 spiro atoms. The van der Waals surface area contributed by atoms with Crippen molar-refractivity contribution >= 4 is 11.8 Å². The zero-order chi connectivity index (χ0) is 18.3. The Morgan fingerprint density at radius 2 is 1.79 bits per heavy atom. The Hall–Kier alpha value is -2.08. The molecule has 0 radical (unpaired) electrons. The van der Waals surface area contributed by atoms with Crippen LogP contribution in [0.2, 0.25) is 0 Å². The Kier molecular flexibility index (Phi) is 7.22. The smallest absolute Gasteiger partial charge is 0.237 e. The molecule has 2 amide bonds. The lowest BCUT2D eigenvalue weighted by Crippen LogP contribution is -2.50. The zero-order valence-corrected chi connectivity index (χ0v) is 15.5. The molecule has 0 unspecified atom stereocenters. The van der Waals surface area contributed by atoms with Gasteiger partial charge in [0.05, 0.1) is 19.7 Å². The molecule has 1 rings (SSSR count). The van der Waals surface area contributed by atoms with Crippen LogP contribution in [-0.4, -0.2) is 49.0 Å². The van der Waals surface area contributed by atoms with Crippen LogP contribution in [0.4, 0.5) is 0 Å². The van der Waals surface area contributed by atoms with Gasteiger partial charge in [-0.2, -0.15) is 0 Å². The van der Waals surface area contributed by atoms with Crippen molar-refractivity contribution in [2.75, 3.05) is 20.7 Å². The van der Waals surface area contributed by atoms with Gasteiger partial charge in [-0.15, -0.1) is 0 Å². The van der Waals surface area contributed by atoms with E-state index < -0.39 is 6.04 Å². The van der Waals surface area contributed by atoms with Crippen molar-refractivity contribution in [1.29, 1.82) is 0 Å². The van der Waals surface area contributed by atoms with Crippen molar-refractivity contribution in [2.45, 2.75) is 45.8 Å². The monoisotopic (exact) mass is 335 g/mol. The number of rotatable bonds is 7. The van der Waals surface area contributed by atoms with Gasteiger partial charge in [0, 0.05) is 12.1 Å². The van der Waals surface area contributed by atoms with Crippen molar-refractivity contribution in [2.24, 2.45) is 0 Å². The van der Waals surface area contributed by atoms with E-state index in [0.717, 1.165) is 11.3 Å². The second kappa shape index (κ2) is 8.68. The molecular weight excluding hydrogens is 306 g/mol. The van der Waals surface area contributed by atoms with Crippen LogP contribution in [0.5, 0.6) is 5.75 Å². The first kappa shape index (κ1) is 20.0. The van der Waals surface area contributed by atoms with Crippen molar-refractivity contribution < 1.29 is 14.3 Å². The number of likely N-dealkylation sites (N-methyl/N-ethyl adjacent to an activating group) is 1. The van der Waals surface area contributed by atoms with E-state index in [9.17, 15) is 9.59 Å². The highest BCUT2D eigenvalue weighted by atomic mass is 16.5. The van der Waals surface area contributed by atoms with E-state index in [1.165, 1.54) is 0 Å². The fraction of sp³-hybridized carbons (Fsp3) is 0.556. The summed E-state index contributed by atoms with van der Waals surface area (Å²) in [6.45, 7) is 8.18. The van der Waals surface area contributed by atoms with Gasteiger partial charge in [-0.25, -0.2) is 0 Å². The largest absolute Gasteiger partial charge is 0.497 e. The van der Waals surface area contributed by atoms with E-state index in [1.807, 2.05) is 45.0 Å². The molecular formula is C18H29N3O3. The predicted molar refractivity (Wildman–Crippen MR) is 94.8 cm³/mol. The van der Waals surface area contributed by atoms with Crippen LogP contribution in [0.3, 0.4) is 0 Å². The van der Waals surface area contributed by atoms with E-state index in [4.69, 9.17) is 4.74 Å². The Labute approximate surface area is 144 Å². The third-order valence-corrected chi connectivity index (χ3v) is 3.57. The van der Waals surface area contributed by atoms with Crippen LogP contribution in [0.15, 0.2) is 24.3 Å². The summed E-state index contributed by atoms with van der Waals surface area (Å²) in [5.41, 5.74) is 0.710. The van der Waals surface area contributed by atoms with Crippen molar-refractivity contribution in [3.63, 3.8) is 0 Å². The number of carbonyl (C=O) groups excluding carboxylic acids is 2. The van der Waals surface area contributed by atoms with Gasteiger partial charge < -0.3 is 15.4 Å². The maximum absolute atomic E-state index is 12.2. The molecule has 6 nitrogen and oxygen atoms in total. The number of methoxy groups -OCH3 is 1. The van der Waals surface area contributed by atoms with Gasteiger partial charge in [0.1, 0.15) is 5.75 Å². The lowest BCUT2D eigenvalue weighted by atomic mass is 10.1. The van der Waals surface area contributed by atoms with E-state index in [0.29, 0.717) is 6.54 Å². The summed E-state index contributed by atoms with van der Waals surface area (Å²) in [7, 11) is 3.38. The van der Waals surface area contributed by atoms with Crippen molar-refractivity contribution in [1.82, 2.24) is 15.5 Å². The van der Waals surface area contributed by atoms with E-state index in [1.54, 1.807) is 26.0 Å². The van der Waals surface area contributed by atoms with E-state index in [2.05, 4.69) is 10.6 Å². The molecule has 0 aliphatic rings. The Bertz CT molecular complexity index is 550. The van der Waals surface area contributed by atoms with Crippen LogP contribution in [0, 0.1) is 0 Å². The second-order valence-electron chi connectivity index (χ2n) is 6.96. The van der Waals surface area contributed by atoms with Crippen LogP contribution in [0.1, 0.15) is 33.3 Å². The van der Waals surface area contributed by atoms with Crippen LogP contribution in [0.25, 0.3) is 0 Å². The van der Waals surface area contributed by atoms with Crippen molar-refractivity contribution in [3.8, 4) is 5.75 Å². The molecule has 0 aromatic heterocycles. The molecule has 0 aliphatic heterocycles. The number of nitrogens with zero attached hydrogens (tertiary/aromatic N) is 1. The summed E-state index contributed by atoms with van der Waals surface area (Å²) >= 11 is 0. The molecule has 1 atom stereocenters. The highest BCUT2D eigenvalue weighted by molar-refractivity contribution is 5.83. The van der Waals surface area contributed by atoms with Gasteiger partial charge in [0.25, 0.3) is 0 Å². The number of carbonyl (C=O) groups is 2. The lowest BCUT2D eigenvalue weighted by molar-refractivity contribution is -0.128. The molecule has 0 heterocycles. The molecule has 0 saturated heterocycles. The average molecular weight is 335 g/mol. The molecule has 1 aromatic carbocycles. The van der Waals surface area contributed by atoms with Gasteiger partial charge in [-0.3, -0.25) is 14.5 Å². The minimum atomic E-state index is -0.394. The summed E-state index contributed by atoms with van der Waals surface area (Å²) < 4.78 is 5.10. The third-order valence-electron chi connectivity index (χ3n) is 3.57. The maximum Gasteiger partial charge on any atom is 0.237 e. The standard InChI is InChI=1S/C18H29N3O3/c1-13(21(5)12-16(22)20-18(2,3)4)17(23)19-11-14-7-9-15(24-6)10-8-14/h7-10,13H,11-12H2,1-6H3,(H,19,23)(H,20,22)/t13-/m1/s1. The second-order valence-corrected chi connectivity index (χ2v) is 6.96. The molecule has 0 bridgehead atoms. The minimum absolute atomic E-state index is 0.0974. The first-order valence-electron chi connectivity index (χ1n) is 8.04. The normalized spacial score (nSPS) is 12.6. The number of ether oxygens (including phenoxy) is 1. The molecule has 0 saturated carbocycles. The summed E-state index contributed by atoms with van der Waals surface area (Å²) in [4.78, 5) is 25.9. The number of nitrogens with one attached hydrogen (secondary N) is 2. The van der Waals surface area contributed by atoms with Gasteiger partial charge >= 0.3 is 0 Å². The van der Waals surface area contributed by atoms with E-state index >= 15 is 0 Å². The lowest BCUT2D eigenvalue weighted by Gasteiger charge is -2.26. The minimum Gasteiger partial charge on any atom is -0.497 e. The maximum atomic E-state index is 12.2. The van der Waals surface area contributed by atoms with Crippen LogP contribution < -0.4 is 15.4 Å². The highest BCUT2D eigenvalue weighted by Crippen LogP contribution is 2.11. The Morgan fingerprint density at radius 1 is 1.21 bits per heavy atom. The van der Waals surface area contributed by atoms with Crippen LogP contribution >= 0.6 is 0 Å². The summed E-state index contributed by atoms with van der Waals surface area (Å²) in [6, 6.07) is 7.13. The summed E-state index contributed by atoms with van der Waals surface area (Å²) in [5, 5.41) is 5.77. The number of amides is 2. The van der Waals surface area contributed by atoms with Crippen molar-refractivity contribution in [3.05, 3.63) is 29.8 Å². The number of benzene rings is 1. The quantitative estimate of drug-likeness (QED) is 0.793. The van der Waals surface area contributed by atoms with Gasteiger partial charge in [0.15, 0.2) is 0 Å². The van der Waals surface area contributed by atoms with E-state index in [-0.39, 0.29) is 23.9 Å². The summed E-state index contributed by atoms with van der Waals surface area (Å²) in [5.74, 6) is 0.569. The first-order chi connectivity index (χ1) is 11.1. The van der Waals surface area contributed by atoms with Crippen LogP contribution in [-0.2, 0) is 16.1 Å². The Balaban J connectivity index is 2.46. The molecule has 134 valence electrons. The summed E-state index contributed by atoms with van der Waals surface area (Å²) in [6.07, 6.45) is 0. The molecule has 2 N–H and O–H groups in total. The predicted octanol–water partition coefficient (Wildman–Crippen LogP) is 1.55. The van der Waals surface area contributed by atoms with Gasteiger partial charge in [-0.05, 0) is 52.4 Å². The average Bonchev–Trinajstić information content (AvgIpc) is 2.50. The number of hydrogen-bond donors (Lipinski definition) is 2. The fourth-order valence-electron chi connectivity index (χ4n) is 2.10. The SMILES string of the molecule is COc1ccc(CNC(=O)[C@@H](C)N(C)CC(=O)NC(C)(C)C)cc1. The van der Waals surface area contributed by atoms with Gasteiger partial charge in [-0.1, -0.05) is 12.1 Å². The molecule has 24 heavy (non-hydrogen) atoms. The highest BCUT2D eigenvalue weighted by Gasteiger charge is 2.21. The van der Waals surface area contributed by atoms with Gasteiger partial charge in [0.2, 0.25) is 11.8 Å². The fourth-order valence-corrected chi connectivity index (χ4v) is 2.10. The number of hydrogen-bond acceptors (Lipinski definition) is 4. The zero-order valence-electron chi connectivity index (χ0n) is 15.5. The third kappa shape index (κ3) is 7.00. The first-order valence-corrected chi connectivity index (χ1v) is 8.04. The Morgan fingerprint density at radius 3 is 2.29 bits per heavy atom.